The van der Waals surface area contributed by atoms with E-state index < -0.39 is 0 Å². The Morgan fingerprint density at radius 1 is 1.43 bits per heavy atom. The number of nitrogens with two attached hydrogens (primary N) is 1. The molecule has 2 aliphatic rings. The fourth-order valence-electron chi connectivity index (χ4n) is 3.31. The number of nitrogen functional groups attached to an aromatic ring is 1. The Hall–Kier alpha value is -1.73. The first kappa shape index (κ1) is 16.1. The average molecular weight is 319 g/mol. The van der Waals surface area contributed by atoms with Crippen molar-refractivity contribution in [1.82, 2.24) is 20.2 Å². The Morgan fingerprint density at radius 3 is 2.87 bits per heavy atom. The summed E-state index contributed by atoms with van der Waals surface area (Å²) in [7, 11) is 0. The average Bonchev–Trinajstić information content (AvgIpc) is 3.02. The number of piperidine rings is 1. The zero-order valence-electron chi connectivity index (χ0n) is 13.6. The van der Waals surface area contributed by atoms with E-state index in [1.807, 2.05) is 0 Å². The molecule has 0 aromatic carbocycles. The van der Waals surface area contributed by atoms with E-state index in [0.717, 1.165) is 39.1 Å². The van der Waals surface area contributed by atoms with Crippen molar-refractivity contribution in [3.8, 4) is 0 Å². The zero-order valence-corrected chi connectivity index (χ0v) is 13.6. The predicted molar refractivity (Wildman–Crippen MR) is 87.1 cm³/mol. The van der Waals surface area contributed by atoms with Gasteiger partial charge in [-0.05, 0) is 32.6 Å². The number of carbonyl (C=O) groups is 1. The highest BCUT2D eigenvalue weighted by atomic mass is 16.5. The van der Waals surface area contributed by atoms with Crippen LogP contribution in [0.15, 0.2) is 6.20 Å². The van der Waals surface area contributed by atoms with Gasteiger partial charge in [-0.3, -0.25) is 4.79 Å². The number of likely N-dealkylation sites (tertiary alicyclic amines) is 1. The van der Waals surface area contributed by atoms with Crippen molar-refractivity contribution in [3.63, 3.8) is 0 Å². The Kier molecular flexibility index (Phi) is 5.07. The molecular formula is C16H25N5O2. The van der Waals surface area contributed by atoms with E-state index in [2.05, 4.69) is 20.2 Å². The fourth-order valence-corrected chi connectivity index (χ4v) is 3.31. The Labute approximate surface area is 136 Å². The number of amides is 1. The first-order chi connectivity index (χ1) is 11.1. The maximum absolute atomic E-state index is 12.3. The van der Waals surface area contributed by atoms with Gasteiger partial charge in [-0.15, -0.1) is 0 Å². The topological polar surface area (TPSA) is 93.4 Å². The third kappa shape index (κ3) is 4.17. The Balaban J connectivity index is 1.47. The highest BCUT2D eigenvalue weighted by Crippen LogP contribution is 2.17. The number of ether oxygens (including phenoxy) is 1. The van der Waals surface area contributed by atoms with Gasteiger partial charge in [0.25, 0.3) is 5.91 Å². The van der Waals surface area contributed by atoms with Gasteiger partial charge < -0.3 is 20.7 Å². The molecule has 0 aliphatic carbocycles. The monoisotopic (exact) mass is 319 g/mol. The summed E-state index contributed by atoms with van der Waals surface area (Å²) in [6, 6.07) is 0.209. The highest BCUT2D eigenvalue weighted by molar-refractivity contribution is 5.95. The summed E-state index contributed by atoms with van der Waals surface area (Å²) >= 11 is 0. The molecule has 1 unspecified atom stereocenters. The molecule has 2 saturated heterocycles. The second-order valence-electron chi connectivity index (χ2n) is 6.41. The lowest BCUT2D eigenvalue weighted by Gasteiger charge is -2.33. The normalized spacial score (nSPS) is 23.1. The lowest BCUT2D eigenvalue weighted by Crippen LogP contribution is -2.46. The second kappa shape index (κ2) is 7.23. The molecule has 2 aliphatic heterocycles. The van der Waals surface area contributed by atoms with Crippen LogP contribution < -0.4 is 11.1 Å². The van der Waals surface area contributed by atoms with Gasteiger partial charge in [0, 0.05) is 38.5 Å². The summed E-state index contributed by atoms with van der Waals surface area (Å²) in [6.07, 6.45) is 6.18. The number of aromatic nitrogens is 2. The summed E-state index contributed by atoms with van der Waals surface area (Å²) in [5, 5.41) is 3.09. The van der Waals surface area contributed by atoms with Crippen molar-refractivity contribution in [3.05, 3.63) is 17.5 Å². The summed E-state index contributed by atoms with van der Waals surface area (Å²) in [4.78, 5) is 22.7. The minimum absolute atomic E-state index is 0.111. The number of rotatable bonds is 4. The molecule has 23 heavy (non-hydrogen) atoms. The molecule has 7 nitrogen and oxygen atoms in total. The van der Waals surface area contributed by atoms with Crippen molar-refractivity contribution in [2.24, 2.45) is 0 Å². The third-order valence-electron chi connectivity index (χ3n) is 4.65. The van der Waals surface area contributed by atoms with Crippen LogP contribution in [0.25, 0.3) is 0 Å². The predicted octanol–water partition coefficient (Wildman–Crippen LogP) is 0.740. The van der Waals surface area contributed by atoms with E-state index in [1.54, 1.807) is 6.92 Å². The van der Waals surface area contributed by atoms with Gasteiger partial charge in [-0.2, -0.15) is 0 Å². The van der Waals surface area contributed by atoms with Gasteiger partial charge in [0.15, 0.2) is 0 Å². The summed E-state index contributed by atoms with van der Waals surface area (Å²) in [5.41, 5.74) is 6.64. The molecular weight excluding hydrogens is 294 g/mol. The first-order valence-electron chi connectivity index (χ1n) is 8.36. The van der Waals surface area contributed by atoms with Gasteiger partial charge in [-0.1, -0.05) is 0 Å². The van der Waals surface area contributed by atoms with Crippen LogP contribution in [0, 0.1) is 6.92 Å². The van der Waals surface area contributed by atoms with Crippen LogP contribution in [0.3, 0.4) is 0 Å². The van der Waals surface area contributed by atoms with Crippen LogP contribution in [0.5, 0.6) is 0 Å². The van der Waals surface area contributed by atoms with Crippen molar-refractivity contribution in [2.75, 3.05) is 32.0 Å². The summed E-state index contributed by atoms with van der Waals surface area (Å²) in [6.45, 7) is 5.70. The summed E-state index contributed by atoms with van der Waals surface area (Å²) < 4.78 is 5.69. The molecule has 0 saturated carbocycles. The molecule has 1 amide bonds. The number of nitrogens with zero attached hydrogens (tertiary/aromatic N) is 3. The number of nitrogens with one attached hydrogen (secondary N) is 1. The molecule has 7 heteroatoms. The number of aryl methyl sites for hydroxylation is 1. The smallest absolute Gasteiger partial charge is 0.254 e. The molecule has 126 valence electrons. The maximum atomic E-state index is 12.3. The SMILES string of the molecule is Cc1nc(N)ncc1C(=O)NC1CCN(CC2CCCO2)CC1. The molecule has 1 aromatic rings. The Bertz CT molecular complexity index is 551. The van der Waals surface area contributed by atoms with E-state index in [-0.39, 0.29) is 17.9 Å². The first-order valence-corrected chi connectivity index (χ1v) is 8.36. The molecule has 0 radical (unpaired) electrons. The molecule has 0 bridgehead atoms. The number of anilines is 1. The molecule has 1 aromatic heterocycles. The van der Waals surface area contributed by atoms with Gasteiger partial charge in [-0.25, -0.2) is 9.97 Å². The molecule has 3 rings (SSSR count). The van der Waals surface area contributed by atoms with Crippen LogP contribution in [-0.4, -0.2) is 59.2 Å². The molecule has 3 N–H and O–H groups in total. The van der Waals surface area contributed by atoms with Gasteiger partial charge >= 0.3 is 0 Å². The lowest BCUT2D eigenvalue weighted by atomic mass is 10.0. The second-order valence-corrected chi connectivity index (χ2v) is 6.41. The van der Waals surface area contributed by atoms with Crippen LogP contribution in [0.2, 0.25) is 0 Å². The van der Waals surface area contributed by atoms with E-state index in [4.69, 9.17) is 10.5 Å². The highest BCUT2D eigenvalue weighted by Gasteiger charge is 2.25. The summed E-state index contributed by atoms with van der Waals surface area (Å²) in [5.74, 6) is 0.0848. The standard InChI is InChI=1S/C16H25N5O2/c1-11-14(9-18-16(17)19-11)15(22)20-12-4-6-21(7-5-12)10-13-3-2-8-23-13/h9,12-13H,2-8,10H2,1H3,(H,20,22)(H2,17,18,19). The van der Waals surface area contributed by atoms with Gasteiger partial charge in [0.1, 0.15) is 0 Å². The van der Waals surface area contributed by atoms with E-state index in [9.17, 15) is 4.79 Å². The van der Waals surface area contributed by atoms with Gasteiger partial charge in [0.05, 0.1) is 17.4 Å². The maximum Gasteiger partial charge on any atom is 0.254 e. The quantitative estimate of drug-likeness (QED) is 0.850. The zero-order chi connectivity index (χ0) is 16.2. The minimum atomic E-state index is -0.111. The Morgan fingerprint density at radius 2 is 2.22 bits per heavy atom. The van der Waals surface area contributed by atoms with Crippen LogP contribution in [0.1, 0.15) is 41.7 Å². The van der Waals surface area contributed by atoms with E-state index in [0.29, 0.717) is 17.4 Å². The van der Waals surface area contributed by atoms with Gasteiger partial charge in [0.2, 0.25) is 5.95 Å². The van der Waals surface area contributed by atoms with Crippen molar-refractivity contribution in [2.45, 2.75) is 44.8 Å². The third-order valence-corrected chi connectivity index (χ3v) is 4.65. The van der Waals surface area contributed by atoms with E-state index in [1.165, 1.54) is 19.0 Å². The van der Waals surface area contributed by atoms with Crippen molar-refractivity contribution >= 4 is 11.9 Å². The van der Waals surface area contributed by atoms with Crippen molar-refractivity contribution in [1.29, 1.82) is 0 Å². The minimum Gasteiger partial charge on any atom is -0.377 e. The van der Waals surface area contributed by atoms with Crippen molar-refractivity contribution < 1.29 is 9.53 Å². The molecule has 2 fully saturated rings. The number of hydrogen-bond acceptors (Lipinski definition) is 6. The fraction of sp³-hybridized carbons (Fsp3) is 0.688. The molecule has 3 heterocycles. The van der Waals surface area contributed by atoms with E-state index >= 15 is 0 Å². The molecule has 1 atom stereocenters. The van der Waals surface area contributed by atoms with Crippen LogP contribution >= 0.6 is 0 Å². The lowest BCUT2D eigenvalue weighted by molar-refractivity contribution is 0.0612. The van der Waals surface area contributed by atoms with Crippen LogP contribution in [0.4, 0.5) is 5.95 Å². The number of hydrogen-bond donors (Lipinski definition) is 2. The number of carbonyl (C=O) groups excluding carboxylic acids is 1. The van der Waals surface area contributed by atoms with Crippen LogP contribution in [-0.2, 0) is 4.74 Å². The largest absolute Gasteiger partial charge is 0.377 e. The molecule has 0 spiro atoms.